The van der Waals surface area contributed by atoms with Crippen molar-refractivity contribution < 1.29 is 23.8 Å². The highest BCUT2D eigenvalue weighted by Gasteiger charge is 2.21. The van der Waals surface area contributed by atoms with E-state index in [0.717, 1.165) is 0 Å². The molecule has 6 nitrogen and oxygen atoms in total. The molecule has 2 aromatic rings. The molecule has 0 saturated heterocycles. The Morgan fingerprint density at radius 1 is 1.00 bits per heavy atom. The van der Waals surface area contributed by atoms with E-state index in [0.29, 0.717) is 27.6 Å². The van der Waals surface area contributed by atoms with Crippen LogP contribution in [0.1, 0.15) is 28.4 Å². The van der Waals surface area contributed by atoms with E-state index in [9.17, 15) is 9.59 Å². The zero-order chi connectivity index (χ0) is 19.1. The Labute approximate surface area is 157 Å². The molecule has 1 amide bonds. The first kappa shape index (κ1) is 19.6. The van der Waals surface area contributed by atoms with Gasteiger partial charge >= 0.3 is 5.97 Å². The summed E-state index contributed by atoms with van der Waals surface area (Å²) < 4.78 is 15.3. The number of halogens is 1. The Morgan fingerprint density at radius 2 is 1.65 bits per heavy atom. The lowest BCUT2D eigenvalue weighted by atomic mass is 10.0. The molecule has 0 spiro atoms. The van der Waals surface area contributed by atoms with E-state index in [-0.39, 0.29) is 12.3 Å². The van der Waals surface area contributed by atoms with Gasteiger partial charge in [0.25, 0.3) is 5.91 Å². The Hall–Kier alpha value is -2.73. The molecule has 0 heterocycles. The zero-order valence-corrected chi connectivity index (χ0v) is 15.5. The highest BCUT2D eigenvalue weighted by molar-refractivity contribution is 6.30. The number of hydrogen-bond donors (Lipinski definition) is 1. The van der Waals surface area contributed by atoms with Gasteiger partial charge in [0.15, 0.2) is 11.5 Å². The number of ether oxygens (including phenoxy) is 3. The monoisotopic (exact) mass is 377 g/mol. The number of hydrogen-bond acceptors (Lipinski definition) is 5. The Kier molecular flexibility index (Phi) is 6.86. The molecule has 0 aliphatic rings. The third-order valence-corrected chi connectivity index (χ3v) is 4.07. The third-order valence-electron chi connectivity index (χ3n) is 3.82. The molecule has 0 aliphatic carbocycles. The number of amides is 1. The number of methoxy groups -OCH3 is 3. The maximum Gasteiger partial charge on any atom is 0.307 e. The summed E-state index contributed by atoms with van der Waals surface area (Å²) in [6.45, 7) is 0. The number of carbonyl (C=O) groups is 2. The topological polar surface area (TPSA) is 73.9 Å². The molecule has 2 aromatic carbocycles. The molecular formula is C19H20ClNO5. The van der Waals surface area contributed by atoms with Crippen LogP contribution in [0.2, 0.25) is 5.02 Å². The predicted octanol–water partition coefficient (Wildman–Crippen LogP) is 3.39. The molecule has 0 fully saturated rings. The molecule has 0 aliphatic heterocycles. The van der Waals surface area contributed by atoms with Crippen LogP contribution >= 0.6 is 11.6 Å². The molecule has 1 atom stereocenters. The fourth-order valence-electron chi connectivity index (χ4n) is 2.41. The Bertz CT molecular complexity index is 776. The SMILES string of the molecule is COC(=O)CC(NC(=O)c1ccc(Cl)cc1)c1ccc(OC)c(OC)c1. The van der Waals surface area contributed by atoms with Crippen molar-refractivity contribution in [1.29, 1.82) is 0 Å². The van der Waals surface area contributed by atoms with Crippen molar-refractivity contribution in [3.63, 3.8) is 0 Å². The van der Waals surface area contributed by atoms with Crippen LogP contribution in [0.3, 0.4) is 0 Å². The zero-order valence-electron chi connectivity index (χ0n) is 14.7. The minimum atomic E-state index is -0.592. The molecule has 0 aromatic heterocycles. The quantitative estimate of drug-likeness (QED) is 0.748. The summed E-state index contributed by atoms with van der Waals surface area (Å²) in [5.74, 6) is 0.282. The van der Waals surface area contributed by atoms with Gasteiger partial charge in [-0.3, -0.25) is 9.59 Å². The van der Waals surface area contributed by atoms with Crippen LogP contribution in [0.5, 0.6) is 11.5 Å². The molecule has 0 saturated carbocycles. The van der Waals surface area contributed by atoms with Crippen LogP contribution in [0, 0.1) is 0 Å². The summed E-state index contributed by atoms with van der Waals surface area (Å²) in [6.07, 6.45) is -0.0225. The predicted molar refractivity (Wildman–Crippen MR) is 97.8 cm³/mol. The van der Waals surface area contributed by atoms with Gasteiger partial charge in [0.2, 0.25) is 0 Å². The Balaban J connectivity index is 2.29. The van der Waals surface area contributed by atoms with E-state index >= 15 is 0 Å². The summed E-state index contributed by atoms with van der Waals surface area (Å²) in [5, 5.41) is 3.38. The van der Waals surface area contributed by atoms with E-state index in [1.807, 2.05) is 0 Å². The highest BCUT2D eigenvalue weighted by Crippen LogP contribution is 2.31. The minimum Gasteiger partial charge on any atom is -0.493 e. The molecule has 0 bridgehead atoms. The van der Waals surface area contributed by atoms with Gasteiger partial charge in [-0.05, 0) is 42.0 Å². The number of esters is 1. The average Bonchev–Trinajstić information content (AvgIpc) is 2.67. The summed E-state index contributed by atoms with van der Waals surface area (Å²) in [7, 11) is 4.35. The van der Waals surface area contributed by atoms with E-state index < -0.39 is 12.0 Å². The second kappa shape index (κ2) is 9.10. The third kappa shape index (κ3) is 4.89. The molecule has 0 radical (unpaired) electrons. The molecule has 2 rings (SSSR count). The van der Waals surface area contributed by atoms with Crippen LogP contribution in [0.25, 0.3) is 0 Å². The molecule has 7 heteroatoms. The van der Waals surface area contributed by atoms with E-state index in [4.69, 9.17) is 25.8 Å². The maximum atomic E-state index is 12.5. The maximum absolute atomic E-state index is 12.5. The second-order valence-electron chi connectivity index (χ2n) is 5.43. The highest BCUT2D eigenvalue weighted by atomic mass is 35.5. The lowest BCUT2D eigenvalue weighted by Gasteiger charge is -2.20. The molecular weight excluding hydrogens is 358 g/mol. The van der Waals surface area contributed by atoms with Crippen molar-refractivity contribution in [2.45, 2.75) is 12.5 Å². The lowest BCUT2D eigenvalue weighted by Crippen LogP contribution is -2.30. The fraction of sp³-hybridized carbons (Fsp3) is 0.263. The summed E-state index contributed by atoms with van der Waals surface area (Å²) in [5.41, 5.74) is 1.13. The summed E-state index contributed by atoms with van der Waals surface area (Å²) >= 11 is 5.85. The van der Waals surface area contributed by atoms with Gasteiger partial charge in [0, 0.05) is 10.6 Å². The van der Waals surface area contributed by atoms with Crippen molar-refractivity contribution in [3.8, 4) is 11.5 Å². The number of nitrogens with one attached hydrogen (secondary N) is 1. The normalized spacial score (nSPS) is 11.4. The first-order chi connectivity index (χ1) is 12.5. The standard InChI is InChI=1S/C19H20ClNO5/c1-24-16-9-6-13(10-17(16)25-2)15(11-18(22)26-3)21-19(23)12-4-7-14(20)8-5-12/h4-10,15H,11H2,1-3H3,(H,21,23). The van der Waals surface area contributed by atoms with Crippen LogP contribution < -0.4 is 14.8 Å². The van der Waals surface area contributed by atoms with Crippen molar-refractivity contribution in [2.24, 2.45) is 0 Å². The van der Waals surface area contributed by atoms with Gasteiger partial charge < -0.3 is 19.5 Å². The largest absolute Gasteiger partial charge is 0.493 e. The van der Waals surface area contributed by atoms with Gasteiger partial charge in [-0.2, -0.15) is 0 Å². The van der Waals surface area contributed by atoms with Crippen molar-refractivity contribution in [2.75, 3.05) is 21.3 Å². The van der Waals surface area contributed by atoms with E-state index in [1.54, 1.807) is 42.5 Å². The number of benzene rings is 2. The Morgan fingerprint density at radius 3 is 2.23 bits per heavy atom. The first-order valence-electron chi connectivity index (χ1n) is 7.83. The number of carbonyl (C=O) groups excluding carboxylic acids is 2. The van der Waals surface area contributed by atoms with E-state index in [1.165, 1.54) is 21.3 Å². The van der Waals surface area contributed by atoms with E-state index in [2.05, 4.69) is 5.32 Å². The molecule has 1 unspecified atom stereocenters. The summed E-state index contributed by atoms with van der Waals surface area (Å²) in [6, 6.07) is 11.1. The van der Waals surface area contributed by atoms with Gasteiger partial charge in [-0.15, -0.1) is 0 Å². The smallest absolute Gasteiger partial charge is 0.307 e. The van der Waals surface area contributed by atoms with Crippen molar-refractivity contribution >= 4 is 23.5 Å². The van der Waals surface area contributed by atoms with Crippen LogP contribution in [0.4, 0.5) is 0 Å². The second-order valence-corrected chi connectivity index (χ2v) is 5.86. The van der Waals surface area contributed by atoms with Gasteiger partial charge in [0.05, 0.1) is 33.8 Å². The summed E-state index contributed by atoms with van der Waals surface area (Å²) in [4.78, 5) is 24.3. The van der Waals surface area contributed by atoms with Crippen molar-refractivity contribution in [1.82, 2.24) is 5.32 Å². The minimum absolute atomic E-state index is 0.0225. The van der Waals surface area contributed by atoms with Gasteiger partial charge in [-0.25, -0.2) is 0 Å². The first-order valence-corrected chi connectivity index (χ1v) is 8.21. The molecule has 1 N–H and O–H groups in total. The van der Waals surface area contributed by atoms with Gasteiger partial charge in [-0.1, -0.05) is 17.7 Å². The lowest BCUT2D eigenvalue weighted by molar-refractivity contribution is -0.141. The van der Waals surface area contributed by atoms with Gasteiger partial charge in [0.1, 0.15) is 0 Å². The molecule has 26 heavy (non-hydrogen) atoms. The van der Waals surface area contributed by atoms with Crippen LogP contribution in [-0.4, -0.2) is 33.2 Å². The van der Waals surface area contributed by atoms with Crippen LogP contribution in [0.15, 0.2) is 42.5 Å². The fourth-order valence-corrected chi connectivity index (χ4v) is 2.54. The molecule has 138 valence electrons. The number of rotatable bonds is 7. The van der Waals surface area contributed by atoms with Crippen molar-refractivity contribution in [3.05, 3.63) is 58.6 Å². The van der Waals surface area contributed by atoms with Crippen LogP contribution in [-0.2, 0) is 9.53 Å². The average molecular weight is 378 g/mol.